The molecule has 2 aromatic heterocycles. The van der Waals surface area contributed by atoms with Crippen molar-refractivity contribution in [3.63, 3.8) is 0 Å². The van der Waals surface area contributed by atoms with E-state index < -0.39 is 0 Å². The van der Waals surface area contributed by atoms with E-state index in [1.165, 1.54) is 0 Å². The van der Waals surface area contributed by atoms with Crippen LogP contribution in [0.5, 0.6) is 5.75 Å². The third-order valence-corrected chi connectivity index (χ3v) is 3.44. The molecule has 1 aromatic carbocycles. The van der Waals surface area contributed by atoms with Crippen LogP contribution in [-0.4, -0.2) is 26.9 Å². The fraction of sp³-hybridized carbons (Fsp3) is 0.133. The first-order chi connectivity index (χ1) is 10.3. The van der Waals surface area contributed by atoms with Crippen molar-refractivity contribution >= 4 is 12.2 Å². The van der Waals surface area contributed by atoms with Crippen molar-refractivity contribution in [3.8, 4) is 11.4 Å². The number of benzene rings is 1. The molecular formula is C15H14N4OS. The van der Waals surface area contributed by atoms with Crippen LogP contribution in [0.15, 0.2) is 48.8 Å². The maximum atomic E-state index is 5.31. The molecule has 0 saturated carbocycles. The van der Waals surface area contributed by atoms with Crippen molar-refractivity contribution in [2.24, 2.45) is 0 Å². The minimum Gasteiger partial charge on any atom is -0.497 e. The van der Waals surface area contributed by atoms with E-state index in [9.17, 15) is 0 Å². The molecule has 2 heterocycles. The summed E-state index contributed by atoms with van der Waals surface area (Å²) < 4.78 is 7.62. The minimum absolute atomic E-state index is 0.562. The van der Waals surface area contributed by atoms with Crippen LogP contribution in [0.4, 0.5) is 0 Å². The van der Waals surface area contributed by atoms with E-state index in [2.05, 4.69) is 15.2 Å². The Morgan fingerprint density at radius 3 is 2.71 bits per heavy atom. The molecule has 0 atom stereocenters. The Bertz CT molecular complexity index is 777. The second kappa shape index (κ2) is 5.88. The summed E-state index contributed by atoms with van der Waals surface area (Å²) in [6.07, 6.45) is 4.17. The van der Waals surface area contributed by atoms with Gasteiger partial charge in [0.15, 0.2) is 4.77 Å². The third-order valence-electron chi connectivity index (χ3n) is 3.17. The topological polar surface area (TPSA) is 55.7 Å². The van der Waals surface area contributed by atoms with E-state index in [4.69, 9.17) is 17.0 Å². The molecule has 0 unspecified atom stereocenters. The van der Waals surface area contributed by atoms with E-state index in [-0.39, 0.29) is 0 Å². The Hall–Kier alpha value is -2.47. The van der Waals surface area contributed by atoms with Gasteiger partial charge >= 0.3 is 0 Å². The number of nitrogens with zero attached hydrogens (tertiary/aromatic N) is 3. The van der Waals surface area contributed by atoms with Crippen molar-refractivity contribution in [1.82, 2.24) is 19.7 Å². The highest BCUT2D eigenvalue weighted by Gasteiger charge is 2.09. The Morgan fingerprint density at radius 1 is 1.24 bits per heavy atom. The van der Waals surface area contributed by atoms with Crippen LogP contribution >= 0.6 is 12.2 Å². The number of rotatable bonds is 4. The molecule has 0 saturated heterocycles. The predicted octanol–water partition coefficient (Wildman–Crippen LogP) is 2.92. The molecule has 3 aromatic rings. The lowest BCUT2D eigenvalue weighted by Gasteiger charge is -2.07. The molecule has 0 fully saturated rings. The van der Waals surface area contributed by atoms with Crippen LogP contribution < -0.4 is 4.74 Å². The van der Waals surface area contributed by atoms with E-state index in [1.807, 2.05) is 41.0 Å². The Labute approximate surface area is 127 Å². The van der Waals surface area contributed by atoms with Crippen LogP contribution in [0.3, 0.4) is 0 Å². The van der Waals surface area contributed by atoms with Crippen molar-refractivity contribution in [2.45, 2.75) is 6.42 Å². The zero-order valence-corrected chi connectivity index (χ0v) is 12.3. The molecule has 1 N–H and O–H groups in total. The van der Waals surface area contributed by atoms with Crippen molar-refractivity contribution in [2.75, 3.05) is 7.11 Å². The highest BCUT2D eigenvalue weighted by molar-refractivity contribution is 7.71. The molecule has 0 aliphatic carbocycles. The minimum atomic E-state index is 0.562. The van der Waals surface area contributed by atoms with Crippen molar-refractivity contribution in [3.05, 3.63) is 65.0 Å². The summed E-state index contributed by atoms with van der Waals surface area (Å²) in [5, 5.41) is 7.16. The molecule has 21 heavy (non-hydrogen) atoms. The molecule has 3 rings (SSSR count). The van der Waals surface area contributed by atoms with Gasteiger partial charge in [0.25, 0.3) is 0 Å². The van der Waals surface area contributed by atoms with Crippen molar-refractivity contribution in [1.29, 1.82) is 0 Å². The maximum absolute atomic E-state index is 5.31. The highest BCUT2D eigenvalue weighted by Crippen LogP contribution is 2.16. The van der Waals surface area contributed by atoms with Gasteiger partial charge in [-0.3, -0.25) is 14.6 Å². The largest absolute Gasteiger partial charge is 0.497 e. The van der Waals surface area contributed by atoms with Gasteiger partial charge in [0, 0.05) is 12.6 Å². The number of ether oxygens (including phenoxy) is 1. The van der Waals surface area contributed by atoms with Gasteiger partial charge < -0.3 is 4.74 Å². The van der Waals surface area contributed by atoms with Gasteiger partial charge in [0.1, 0.15) is 11.6 Å². The summed E-state index contributed by atoms with van der Waals surface area (Å²) in [7, 11) is 1.66. The number of H-pyrrole nitrogens is 1. The molecule has 5 nitrogen and oxygen atoms in total. The van der Waals surface area contributed by atoms with Gasteiger partial charge in [0.05, 0.1) is 19.0 Å². The lowest BCUT2D eigenvalue weighted by Crippen LogP contribution is -2.02. The van der Waals surface area contributed by atoms with Gasteiger partial charge in [0.2, 0.25) is 0 Å². The Morgan fingerprint density at radius 2 is 2.05 bits per heavy atom. The quantitative estimate of drug-likeness (QED) is 0.752. The highest BCUT2D eigenvalue weighted by atomic mass is 32.1. The molecule has 0 radical (unpaired) electrons. The van der Waals surface area contributed by atoms with E-state index in [0.717, 1.165) is 22.8 Å². The molecule has 0 aliphatic rings. The number of aromatic amines is 1. The van der Waals surface area contributed by atoms with E-state index >= 15 is 0 Å². The lowest BCUT2D eigenvalue weighted by molar-refractivity contribution is 0.414. The van der Waals surface area contributed by atoms with Crippen LogP contribution in [0.1, 0.15) is 11.4 Å². The average Bonchev–Trinajstić information content (AvgIpc) is 2.89. The Balaban J connectivity index is 1.94. The summed E-state index contributed by atoms with van der Waals surface area (Å²) in [4.78, 5) is 4.13. The first kappa shape index (κ1) is 13.5. The number of hydrogen-bond acceptors (Lipinski definition) is 4. The predicted molar refractivity (Wildman–Crippen MR) is 82.3 cm³/mol. The summed E-state index contributed by atoms with van der Waals surface area (Å²) in [5.74, 6) is 1.68. The van der Waals surface area contributed by atoms with E-state index in [1.54, 1.807) is 19.5 Å². The summed E-state index contributed by atoms with van der Waals surface area (Å²) in [5.41, 5.74) is 2.04. The van der Waals surface area contributed by atoms with Gasteiger partial charge in [-0.15, -0.1) is 0 Å². The van der Waals surface area contributed by atoms with Gasteiger partial charge in [-0.1, -0.05) is 12.1 Å². The molecule has 0 amide bonds. The van der Waals surface area contributed by atoms with Crippen LogP contribution in [0.2, 0.25) is 0 Å². The third kappa shape index (κ3) is 2.85. The second-order valence-corrected chi connectivity index (χ2v) is 4.90. The molecule has 106 valence electrons. The van der Waals surface area contributed by atoms with Crippen LogP contribution in [-0.2, 0) is 6.42 Å². The molecule has 6 heteroatoms. The number of pyridine rings is 1. The Kier molecular flexibility index (Phi) is 3.79. The lowest BCUT2D eigenvalue weighted by atomic mass is 10.1. The van der Waals surface area contributed by atoms with Crippen LogP contribution in [0.25, 0.3) is 5.69 Å². The fourth-order valence-electron chi connectivity index (χ4n) is 2.13. The number of nitrogens with one attached hydrogen (secondary N) is 1. The monoisotopic (exact) mass is 298 g/mol. The number of methoxy groups -OCH3 is 1. The first-order valence-electron chi connectivity index (χ1n) is 6.47. The SMILES string of the molecule is COc1ccc(Cc2n[nH]c(=S)n2-c2cccnc2)cc1. The van der Waals surface area contributed by atoms with Gasteiger partial charge in [-0.25, -0.2) is 0 Å². The standard InChI is InChI=1S/C15H14N4OS/c1-20-13-6-4-11(5-7-13)9-14-17-18-15(21)19(14)12-3-2-8-16-10-12/h2-8,10H,9H2,1H3,(H,18,21). The molecule has 0 bridgehead atoms. The zero-order chi connectivity index (χ0) is 14.7. The van der Waals surface area contributed by atoms with Gasteiger partial charge in [-0.05, 0) is 42.0 Å². The average molecular weight is 298 g/mol. The van der Waals surface area contributed by atoms with Crippen molar-refractivity contribution < 1.29 is 4.74 Å². The zero-order valence-electron chi connectivity index (χ0n) is 11.5. The fourth-order valence-corrected chi connectivity index (χ4v) is 2.38. The molecule has 0 spiro atoms. The summed E-state index contributed by atoms with van der Waals surface area (Å²) in [6, 6.07) is 11.7. The molecular weight excluding hydrogens is 284 g/mol. The number of aromatic nitrogens is 4. The normalized spacial score (nSPS) is 10.5. The summed E-state index contributed by atoms with van der Waals surface area (Å²) >= 11 is 5.31. The van der Waals surface area contributed by atoms with Gasteiger partial charge in [-0.2, -0.15) is 5.10 Å². The summed E-state index contributed by atoms with van der Waals surface area (Å²) in [6.45, 7) is 0. The first-order valence-corrected chi connectivity index (χ1v) is 6.88. The maximum Gasteiger partial charge on any atom is 0.199 e. The van der Waals surface area contributed by atoms with E-state index in [0.29, 0.717) is 11.2 Å². The molecule has 0 aliphatic heterocycles. The van der Waals surface area contributed by atoms with Crippen LogP contribution in [0, 0.1) is 4.77 Å². The number of hydrogen-bond donors (Lipinski definition) is 1. The second-order valence-electron chi connectivity index (χ2n) is 4.52. The smallest absolute Gasteiger partial charge is 0.199 e.